The first-order valence-corrected chi connectivity index (χ1v) is 12.0. The van der Waals surface area contributed by atoms with Crippen LogP contribution < -0.4 is 0 Å². The molecule has 0 heterocycles. The highest BCUT2D eigenvalue weighted by Gasteiger charge is 2.26. The highest BCUT2D eigenvalue weighted by atomic mass is 19.1. The number of halogens is 1. The SMILES string of the molecule is C=CC1CCC(CCC2CCC(c3ccc4cc(CC)ccc4c3F)CC2)CC1. The van der Waals surface area contributed by atoms with Gasteiger partial charge in [-0.3, -0.25) is 0 Å². The van der Waals surface area contributed by atoms with E-state index in [2.05, 4.69) is 43.8 Å². The number of hydrogen-bond acceptors (Lipinski definition) is 0. The Morgan fingerprint density at radius 3 is 2.17 bits per heavy atom. The molecule has 0 atom stereocenters. The van der Waals surface area contributed by atoms with E-state index >= 15 is 4.39 Å². The van der Waals surface area contributed by atoms with Crippen molar-refractivity contribution in [1.29, 1.82) is 0 Å². The topological polar surface area (TPSA) is 0 Å². The number of rotatable bonds is 6. The van der Waals surface area contributed by atoms with Crippen LogP contribution in [0.5, 0.6) is 0 Å². The minimum absolute atomic E-state index is 0.0348. The Morgan fingerprint density at radius 1 is 0.897 bits per heavy atom. The van der Waals surface area contributed by atoms with Gasteiger partial charge in [0, 0.05) is 5.39 Å². The summed E-state index contributed by atoms with van der Waals surface area (Å²) in [4.78, 5) is 0. The highest BCUT2D eigenvalue weighted by molar-refractivity contribution is 5.84. The second-order valence-electron chi connectivity index (χ2n) is 9.69. The zero-order valence-corrected chi connectivity index (χ0v) is 18.1. The summed E-state index contributed by atoms with van der Waals surface area (Å²) in [5, 5.41) is 1.85. The molecule has 2 aromatic rings. The van der Waals surface area contributed by atoms with E-state index in [1.807, 2.05) is 6.07 Å². The molecule has 2 fully saturated rings. The van der Waals surface area contributed by atoms with Crippen molar-refractivity contribution >= 4 is 10.8 Å². The molecule has 4 rings (SSSR count). The summed E-state index contributed by atoms with van der Waals surface area (Å²) in [7, 11) is 0. The van der Waals surface area contributed by atoms with Gasteiger partial charge in [0.2, 0.25) is 0 Å². The van der Waals surface area contributed by atoms with E-state index in [0.717, 1.165) is 53.4 Å². The third-order valence-corrected chi connectivity index (χ3v) is 7.95. The Labute approximate surface area is 176 Å². The summed E-state index contributed by atoms with van der Waals surface area (Å²) >= 11 is 0. The van der Waals surface area contributed by atoms with E-state index in [-0.39, 0.29) is 5.82 Å². The third kappa shape index (κ3) is 4.76. The van der Waals surface area contributed by atoms with E-state index in [0.29, 0.717) is 5.92 Å². The van der Waals surface area contributed by atoms with Crippen LogP contribution in [0.4, 0.5) is 4.39 Å². The Balaban J connectivity index is 1.31. The summed E-state index contributed by atoms with van der Waals surface area (Å²) in [6, 6.07) is 10.4. The van der Waals surface area contributed by atoms with Crippen molar-refractivity contribution in [3.63, 3.8) is 0 Å². The molecule has 1 heteroatoms. The van der Waals surface area contributed by atoms with Crippen LogP contribution in [0.3, 0.4) is 0 Å². The van der Waals surface area contributed by atoms with Gasteiger partial charge in [0.05, 0.1) is 0 Å². The molecule has 2 saturated carbocycles. The van der Waals surface area contributed by atoms with Crippen molar-refractivity contribution in [2.24, 2.45) is 17.8 Å². The average Bonchev–Trinajstić information content (AvgIpc) is 2.78. The molecule has 0 radical (unpaired) electrons. The highest BCUT2D eigenvalue weighted by Crippen LogP contribution is 2.41. The lowest BCUT2D eigenvalue weighted by Gasteiger charge is -2.31. The summed E-state index contributed by atoms with van der Waals surface area (Å²) in [5.74, 6) is 3.01. The largest absolute Gasteiger partial charge is 0.206 e. The van der Waals surface area contributed by atoms with Crippen LogP contribution in [0, 0.1) is 23.6 Å². The van der Waals surface area contributed by atoms with Gasteiger partial charge in [-0.25, -0.2) is 4.39 Å². The van der Waals surface area contributed by atoms with Gasteiger partial charge in [0.15, 0.2) is 0 Å². The van der Waals surface area contributed by atoms with Crippen LogP contribution in [0.2, 0.25) is 0 Å². The first-order valence-electron chi connectivity index (χ1n) is 12.0. The molecule has 0 amide bonds. The lowest BCUT2D eigenvalue weighted by molar-refractivity contribution is 0.245. The second-order valence-corrected chi connectivity index (χ2v) is 9.69. The summed E-state index contributed by atoms with van der Waals surface area (Å²) in [6.07, 6.45) is 16.3. The Morgan fingerprint density at radius 2 is 1.55 bits per heavy atom. The zero-order valence-electron chi connectivity index (χ0n) is 18.1. The first kappa shape index (κ1) is 20.6. The van der Waals surface area contributed by atoms with Crippen LogP contribution >= 0.6 is 0 Å². The minimum atomic E-state index is 0.0348. The summed E-state index contributed by atoms with van der Waals surface area (Å²) in [6.45, 7) is 6.11. The van der Waals surface area contributed by atoms with Gasteiger partial charge in [-0.1, -0.05) is 56.2 Å². The maximum absolute atomic E-state index is 15.2. The van der Waals surface area contributed by atoms with E-state index in [1.54, 1.807) is 0 Å². The van der Waals surface area contributed by atoms with Gasteiger partial charge in [-0.05, 0) is 98.0 Å². The van der Waals surface area contributed by atoms with Gasteiger partial charge in [-0.2, -0.15) is 0 Å². The monoisotopic (exact) mass is 392 g/mol. The number of aryl methyl sites for hydroxylation is 1. The van der Waals surface area contributed by atoms with Crippen molar-refractivity contribution in [2.45, 2.75) is 83.5 Å². The molecule has 0 aromatic heterocycles. The van der Waals surface area contributed by atoms with Crippen molar-refractivity contribution < 1.29 is 4.39 Å². The van der Waals surface area contributed by atoms with Crippen molar-refractivity contribution in [2.75, 3.05) is 0 Å². The molecule has 0 bridgehead atoms. The Bertz CT molecular complexity index is 820. The van der Waals surface area contributed by atoms with E-state index < -0.39 is 0 Å². The molecule has 2 aliphatic rings. The summed E-state index contributed by atoms with van der Waals surface area (Å²) in [5.41, 5.74) is 2.24. The lowest BCUT2D eigenvalue weighted by Crippen LogP contribution is -2.17. The molecule has 0 spiro atoms. The Kier molecular flexibility index (Phi) is 6.73. The normalized spacial score (nSPS) is 27.8. The molecular formula is C28H37F. The molecule has 2 aromatic carbocycles. The molecule has 156 valence electrons. The smallest absolute Gasteiger partial charge is 0.134 e. The van der Waals surface area contributed by atoms with Crippen LogP contribution in [-0.4, -0.2) is 0 Å². The van der Waals surface area contributed by atoms with E-state index in [1.165, 1.54) is 56.9 Å². The van der Waals surface area contributed by atoms with Crippen LogP contribution in [0.1, 0.15) is 88.2 Å². The fourth-order valence-corrected chi connectivity index (χ4v) is 5.84. The molecule has 0 aliphatic heterocycles. The number of hydrogen-bond donors (Lipinski definition) is 0. The molecule has 0 N–H and O–H groups in total. The molecule has 0 unspecified atom stereocenters. The summed E-state index contributed by atoms with van der Waals surface area (Å²) < 4.78 is 15.2. The number of benzene rings is 2. The third-order valence-electron chi connectivity index (χ3n) is 7.95. The van der Waals surface area contributed by atoms with E-state index in [9.17, 15) is 0 Å². The molecule has 0 nitrogen and oxygen atoms in total. The van der Waals surface area contributed by atoms with Crippen molar-refractivity contribution in [3.8, 4) is 0 Å². The fourth-order valence-electron chi connectivity index (χ4n) is 5.84. The predicted molar refractivity (Wildman–Crippen MR) is 123 cm³/mol. The van der Waals surface area contributed by atoms with Crippen molar-refractivity contribution in [1.82, 2.24) is 0 Å². The second kappa shape index (κ2) is 9.45. The first-order chi connectivity index (χ1) is 14.2. The fraction of sp³-hybridized carbons (Fsp3) is 0.571. The molecule has 29 heavy (non-hydrogen) atoms. The zero-order chi connectivity index (χ0) is 20.2. The van der Waals surface area contributed by atoms with E-state index in [4.69, 9.17) is 0 Å². The quantitative estimate of drug-likeness (QED) is 0.432. The molecular weight excluding hydrogens is 355 g/mol. The van der Waals surface area contributed by atoms with Gasteiger partial charge in [0.1, 0.15) is 5.82 Å². The maximum Gasteiger partial charge on any atom is 0.134 e. The van der Waals surface area contributed by atoms with Crippen molar-refractivity contribution in [3.05, 3.63) is 59.9 Å². The predicted octanol–water partition coefficient (Wildman–Crippen LogP) is 8.59. The average molecular weight is 393 g/mol. The maximum atomic E-state index is 15.2. The number of allylic oxidation sites excluding steroid dienone is 1. The van der Waals surface area contributed by atoms with Gasteiger partial charge in [-0.15, -0.1) is 6.58 Å². The minimum Gasteiger partial charge on any atom is -0.206 e. The van der Waals surface area contributed by atoms with Gasteiger partial charge < -0.3 is 0 Å². The number of fused-ring (bicyclic) bond motifs is 1. The lowest BCUT2D eigenvalue weighted by atomic mass is 9.74. The van der Waals surface area contributed by atoms with Gasteiger partial charge in [0.25, 0.3) is 0 Å². The standard InChI is InChI=1S/C28H37F/c1-3-20-5-7-22(8-6-20)9-10-23-11-14-24(15-12-23)26-18-16-25-19-21(4-2)13-17-27(25)28(26)29/h3,13,16-20,22-24H,1,4-12,14-15H2,2H3. The van der Waals surface area contributed by atoms with Crippen LogP contribution in [0.15, 0.2) is 43.0 Å². The van der Waals surface area contributed by atoms with Crippen LogP contribution in [0.25, 0.3) is 10.8 Å². The van der Waals surface area contributed by atoms with Gasteiger partial charge >= 0.3 is 0 Å². The Hall–Kier alpha value is -1.63. The van der Waals surface area contributed by atoms with Crippen LogP contribution in [-0.2, 0) is 6.42 Å². The molecule has 0 saturated heterocycles. The molecule has 2 aliphatic carbocycles.